The number of aromatic nitrogens is 1. The maximum Gasteiger partial charge on any atom is 0.244 e. The number of hydrogen-bond acceptors (Lipinski definition) is 5. The maximum atomic E-state index is 12.6. The highest BCUT2D eigenvalue weighted by atomic mass is 32.2. The Bertz CT molecular complexity index is 899. The number of hydrogen-bond donors (Lipinski definition) is 1. The van der Waals surface area contributed by atoms with E-state index in [1.807, 2.05) is 37.3 Å². The molecular weight excluding hydrogens is 328 g/mol. The highest BCUT2D eigenvalue weighted by Crippen LogP contribution is 2.28. The fourth-order valence-electron chi connectivity index (χ4n) is 2.41. The molecule has 0 amide bonds. The van der Waals surface area contributed by atoms with E-state index in [1.54, 1.807) is 13.0 Å². The molecule has 24 heavy (non-hydrogen) atoms. The molecule has 0 aliphatic rings. The summed E-state index contributed by atoms with van der Waals surface area (Å²) in [6, 6.07) is 12.8. The average molecular weight is 346 g/mol. The second kappa shape index (κ2) is 6.62. The van der Waals surface area contributed by atoms with Crippen molar-refractivity contribution >= 4 is 10.0 Å². The molecule has 0 aliphatic heterocycles. The van der Waals surface area contributed by atoms with Crippen LogP contribution in [0.3, 0.4) is 0 Å². The minimum absolute atomic E-state index is 0.0573. The van der Waals surface area contributed by atoms with Gasteiger partial charge in [-0.15, -0.1) is 0 Å². The van der Waals surface area contributed by atoms with Crippen LogP contribution in [0.2, 0.25) is 0 Å². The van der Waals surface area contributed by atoms with E-state index < -0.39 is 10.0 Å². The molecule has 0 saturated carbocycles. The normalized spacial score (nSPS) is 13.1. The third kappa shape index (κ3) is 3.42. The summed E-state index contributed by atoms with van der Waals surface area (Å²) >= 11 is 0. The molecule has 0 bridgehead atoms. The van der Waals surface area contributed by atoms with Gasteiger partial charge in [0.05, 0.1) is 6.20 Å². The van der Waals surface area contributed by atoms with Gasteiger partial charge in [-0.25, -0.2) is 13.1 Å². The highest BCUT2D eigenvalue weighted by Gasteiger charge is 2.23. The van der Waals surface area contributed by atoms with E-state index in [-0.39, 0.29) is 10.8 Å². The van der Waals surface area contributed by atoms with E-state index in [9.17, 15) is 8.42 Å². The van der Waals surface area contributed by atoms with Crippen LogP contribution in [0.5, 0.6) is 0 Å². The van der Waals surface area contributed by atoms with Crippen LogP contribution in [0, 0.1) is 6.92 Å². The van der Waals surface area contributed by atoms with Gasteiger partial charge in [-0.2, -0.15) is 0 Å². The standard InChI is InChI=1S/C17H18N2O4S/c1-12(14-6-4-3-5-7-14)11-19-24(20,21)17-10-16(22-13(17)2)15-8-9-18-23-15/h3-10,12,19H,11H2,1-2H3. The predicted octanol–water partition coefficient (Wildman–Crippen LogP) is 3.33. The molecular formula is C17H18N2O4S. The lowest BCUT2D eigenvalue weighted by molar-refractivity contribution is 0.414. The van der Waals surface area contributed by atoms with Crippen molar-refractivity contribution in [1.29, 1.82) is 0 Å². The van der Waals surface area contributed by atoms with Crippen molar-refractivity contribution in [2.75, 3.05) is 6.54 Å². The van der Waals surface area contributed by atoms with Gasteiger partial charge in [0.1, 0.15) is 10.7 Å². The quantitative estimate of drug-likeness (QED) is 0.740. The lowest BCUT2D eigenvalue weighted by Crippen LogP contribution is -2.27. The summed E-state index contributed by atoms with van der Waals surface area (Å²) in [5.41, 5.74) is 1.08. The molecule has 1 atom stereocenters. The molecule has 0 spiro atoms. The number of aryl methyl sites for hydroxylation is 1. The van der Waals surface area contributed by atoms with Gasteiger partial charge >= 0.3 is 0 Å². The first-order chi connectivity index (χ1) is 11.5. The van der Waals surface area contributed by atoms with Gasteiger partial charge in [0.2, 0.25) is 15.8 Å². The van der Waals surface area contributed by atoms with Gasteiger partial charge in [0, 0.05) is 18.7 Å². The van der Waals surface area contributed by atoms with Gasteiger partial charge in [-0.1, -0.05) is 42.4 Å². The first kappa shape index (κ1) is 16.5. The van der Waals surface area contributed by atoms with Crippen molar-refractivity contribution in [2.24, 2.45) is 0 Å². The van der Waals surface area contributed by atoms with E-state index in [0.29, 0.717) is 23.8 Å². The maximum absolute atomic E-state index is 12.6. The van der Waals surface area contributed by atoms with E-state index in [1.165, 1.54) is 12.3 Å². The van der Waals surface area contributed by atoms with Crippen LogP contribution in [0.25, 0.3) is 11.5 Å². The van der Waals surface area contributed by atoms with E-state index in [4.69, 9.17) is 8.94 Å². The van der Waals surface area contributed by atoms with Gasteiger partial charge in [0.15, 0.2) is 5.76 Å². The van der Waals surface area contributed by atoms with Crippen LogP contribution in [-0.2, 0) is 10.0 Å². The Morgan fingerprint density at radius 1 is 1.17 bits per heavy atom. The molecule has 1 aromatic carbocycles. The Hall–Kier alpha value is -2.38. The molecule has 0 fully saturated rings. The molecule has 1 N–H and O–H groups in total. The zero-order chi connectivity index (χ0) is 17.2. The Balaban J connectivity index is 1.76. The van der Waals surface area contributed by atoms with E-state index in [0.717, 1.165) is 5.56 Å². The Morgan fingerprint density at radius 3 is 2.58 bits per heavy atom. The summed E-state index contributed by atoms with van der Waals surface area (Å²) in [5, 5.41) is 3.59. The van der Waals surface area contributed by atoms with Crippen molar-refractivity contribution < 1.29 is 17.4 Å². The first-order valence-electron chi connectivity index (χ1n) is 7.53. The zero-order valence-electron chi connectivity index (χ0n) is 13.4. The lowest BCUT2D eigenvalue weighted by atomic mass is 10.0. The van der Waals surface area contributed by atoms with Gasteiger partial charge in [-0.3, -0.25) is 0 Å². The SMILES string of the molecule is Cc1oc(-c2ccno2)cc1S(=O)(=O)NCC(C)c1ccccc1. The predicted molar refractivity (Wildman–Crippen MR) is 89.0 cm³/mol. The van der Waals surface area contributed by atoms with Crippen molar-refractivity contribution in [3.05, 3.63) is 60.0 Å². The molecule has 0 aliphatic carbocycles. The zero-order valence-corrected chi connectivity index (χ0v) is 14.2. The number of rotatable bonds is 6. The van der Waals surface area contributed by atoms with Crippen molar-refractivity contribution in [3.8, 4) is 11.5 Å². The van der Waals surface area contributed by atoms with Crippen molar-refractivity contribution in [3.63, 3.8) is 0 Å². The highest BCUT2D eigenvalue weighted by molar-refractivity contribution is 7.89. The number of furan rings is 1. The van der Waals surface area contributed by atoms with Crippen LogP contribution < -0.4 is 4.72 Å². The Kier molecular flexibility index (Phi) is 4.55. The summed E-state index contributed by atoms with van der Waals surface area (Å²) in [6.45, 7) is 3.88. The molecule has 3 aromatic rings. The molecule has 1 unspecified atom stereocenters. The minimum atomic E-state index is -3.67. The van der Waals surface area contributed by atoms with Crippen LogP contribution in [0.4, 0.5) is 0 Å². The molecule has 0 saturated heterocycles. The molecule has 126 valence electrons. The summed E-state index contributed by atoms with van der Waals surface area (Å²) in [7, 11) is -3.67. The Labute approximate surface area is 140 Å². The monoisotopic (exact) mass is 346 g/mol. The Morgan fingerprint density at radius 2 is 1.92 bits per heavy atom. The fourth-order valence-corrected chi connectivity index (χ4v) is 3.72. The molecule has 7 heteroatoms. The van der Waals surface area contributed by atoms with Crippen molar-refractivity contribution in [1.82, 2.24) is 9.88 Å². The molecule has 6 nitrogen and oxygen atoms in total. The topological polar surface area (TPSA) is 85.3 Å². The molecule has 2 aromatic heterocycles. The molecule has 2 heterocycles. The van der Waals surface area contributed by atoms with Crippen LogP contribution in [-0.4, -0.2) is 20.1 Å². The van der Waals surface area contributed by atoms with Gasteiger partial charge < -0.3 is 8.94 Å². The van der Waals surface area contributed by atoms with E-state index >= 15 is 0 Å². The summed E-state index contributed by atoms with van der Waals surface area (Å²) in [4.78, 5) is 0.106. The molecule has 0 radical (unpaired) electrons. The lowest BCUT2D eigenvalue weighted by Gasteiger charge is -2.13. The fraction of sp³-hybridized carbons (Fsp3) is 0.235. The largest absolute Gasteiger partial charge is 0.457 e. The smallest absolute Gasteiger partial charge is 0.244 e. The van der Waals surface area contributed by atoms with Gasteiger partial charge in [-0.05, 0) is 18.4 Å². The number of sulfonamides is 1. The average Bonchev–Trinajstić information content (AvgIpc) is 3.23. The second-order valence-electron chi connectivity index (χ2n) is 5.57. The third-order valence-corrected chi connectivity index (χ3v) is 5.32. The summed E-state index contributed by atoms with van der Waals surface area (Å²) in [5.74, 6) is 1.09. The van der Waals surface area contributed by atoms with Crippen LogP contribution >= 0.6 is 0 Å². The van der Waals surface area contributed by atoms with Gasteiger partial charge in [0.25, 0.3) is 0 Å². The third-order valence-electron chi connectivity index (χ3n) is 3.79. The number of benzene rings is 1. The summed E-state index contributed by atoms with van der Waals surface area (Å²) in [6.07, 6.45) is 1.47. The van der Waals surface area contributed by atoms with Crippen LogP contribution in [0.15, 0.2) is 62.5 Å². The van der Waals surface area contributed by atoms with Crippen LogP contribution in [0.1, 0.15) is 24.2 Å². The second-order valence-corrected chi connectivity index (χ2v) is 7.31. The molecule has 3 rings (SSSR count). The summed E-state index contributed by atoms with van der Waals surface area (Å²) < 4.78 is 38.2. The van der Waals surface area contributed by atoms with E-state index in [2.05, 4.69) is 9.88 Å². The number of nitrogens with zero attached hydrogens (tertiary/aromatic N) is 1. The minimum Gasteiger partial charge on any atom is -0.457 e. The first-order valence-corrected chi connectivity index (χ1v) is 9.02. The van der Waals surface area contributed by atoms with Crippen molar-refractivity contribution in [2.45, 2.75) is 24.7 Å². The number of nitrogens with one attached hydrogen (secondary N) is 1.